The summed E-state index contributed by atoms with van der Waals surface area (Å²) in [4.78, 5) is 28.1. The minimum Gasteiger partial charge on any atom is -0.465 e. The van der Waals surface area contributed by atoms with Gasteiger partial charge in [0.05, 0.1) is 12.7 Å². The van der Waals surface area contributed by atoms with Crippen LogP contribution >= 0.6 is 11.3 Å². The van der Waals surface area contributed by atoms with Crippen LogP contribution in [-0.4, -0.2) is 46.8 Å². The molecule has 24 heavy (non-hydrogen) atoms. The molecule has 0 saturated carbocycles. The van der Waals surface area contributed by atoms with Crippen LogP contribution in [0.2, 0.25) is 0 Å². The number of carbonyl (C=O) groups is 2. The van der Waals surface area contributed by atoms with Crippen molar-refractivity contribution < 1.29 is 14.3 Å². The fourth-order valence-corrected chi connectivity index (χ4v) is 4.17. The van der Waals surface area contributed by atoms with Crippen molar-refractivity contribution >= 4 is 28.2 Å². The Kier molecular flexibility index (Phi) is 4.68. The van der Waals surface area contributed by atoms with Crippen LogP contribution in [-0.2, 0) is 24.8 Å². The van der Waals surface area contributed by atoms with Crippen LogP contribution < -0.4 is 5.32 Å². The van der Waals surface area contributed by atoms with Crippen molar-refractivity contribution in [2.45, 2.75) is 19.9 Å². The van der Waals surface area contributed by atoms with Crippen LogP contribution in [0.15, 0.2) is 12.3 Å². The van der Waals surface area contributed by atoms with E-state index in [9.17, 15) is 9.59 Å². The molecule has 0 spiro atoms. The van der Waals surface area contributed by atoms with Gasteiger partial charge < -0.3 is 10.1 Å². The van der Waals surface area contributed by atoms with E-state index < -0.39 is 5.97 Å². The number of aromatic nitrogens is 2. The van der Waals surface area contributed by atoms with Gasteiger partial charge in [-0.15, -0.1) is 11.3 Å². The summed E-state index contributed by atoms with van der Waals surface area (Å²) in [6, 6.07) is 1.64. The first-order valence-electron chi connectivity index (χ1n) is 7.79. The number of nitrogens with zero attached hydrogens (tertiary/aromatic N) is 3. The summed E-state index contributed by atoms with van der Waals surface area (Å²) in [7, 11) is 3.06. The maximum absolute atomic E-state index is 12.5. The molecule has 2 aromatic rings. The Balaban J connectivity index is 1.95. The van der Waals surface area contributed by atoms with Gasteiger partial charge in [-0.25, -0.2) is 4.79 Å². The molecule has 0 aliphatic carbocycles. The summed E-state index contributed by atoms with van der Waals surface area (Å²) in [6.45, 7) is 4.77. The van der Waals surface area contributed by atoms with Crippen LogP contribution in [0, 0.1) is 0 Å². The van der Waals surface area contributed by atoms with Crippen molar-refractivity contribution in [1.82, 2.24) is 14.7 Å². The maximum atomic E-state index is 12.5. The van der Waals surface area contributed by atoms with E-state index >= 15 is 0 Å². The minimum atomic E-state index is -0.405. The molecule has 1 aliphatic heterocycles. The van der Waals surface area contributed by atoms with Crippen molar-refractivity contribution in [2.75, 3.05) is 25.5 Å². The van der Waals surface area contributed by atoms with Gasteiger partial charge in [0.15, 0.2) is 0 Å². The van der Waals surface area contributed by atoms with E-state index in [2.05, 4.69) is 22.2 Å². The number of likely N-dealkylation sites (N-methyl/N-ethyl adjacent to an activating group) is 1. The Morgan fingerprint density at radius 3 is 2.88 bits per heavy atom. The van der Waals surface area contributed by atoms with Crippen molar-refractivity contribution in [3.8, 4) is 0 Å². The molecule has 1 amide bonds. The number of fused-ring (bicyclic) bond motifs is 1. The number of rotatable bonds is 4. The molecule has 0 aromatic carbocycles. The lowest BCUT2D eigenvalue weighted by atomic mass is 10.0. The monoisotopic (exact) mass is 348 g/mol. The highest BCUT2D eigenvalue weighted by Crippen LogP contribution is 2.37. The van der Waals surface area contributed by atoms with E-state index in [1.807, 2.05) is 0 Å². The number of thiophene rings is 1. The lowest BCUT2D eigenvalue weighted by Gasteiger charge is -2.25. The van der Waals surface area contributed by atoms with Gasteiger partial charge in [0.1, 0.15) is 10.7 Å². The Morgan fingerprint density at radius 1 is 1.46 bits per heavy atom. The zero-order chi connectivity index (χ0) is 17.3. The van der Waals surface area contributed by atoms with E-state index in [1.165, 1.54) is 23.1 Å². The molecule has 1 aliphatic rings. The van der Waals surface area contributed by atoms with Crippen LogP contribution in [0.3, 0.4) is 0 Å². The Labute approximate surface area is 144 Å². The van der Waals surface area contributed by atoms with Crippen LogP contribution in [0.5, 0.6) is 0 Å². The summed E-state index contributed by atoms with van der Waals surface area (Å²) in [5.74, 6) is -0.691. The molecule has 1 N–H and O–H groups in total. The van der Waals surface area contributed by atoms with Crippen molar-refractivity contribution in [1.29, 1.82) is 0 Å². The predicted octanol–water partition coefficient (Wildman–Crippen LogP) is 1.90. The number of anilines is 1. The van der Waals surface area contributed by atoms with Gasteiger partial charge in [-0.3, -0.25) is 14.4 Å². The number of hydrogen-bond acceptors (Lipinski definition) is 6. The molecule has 0 atom stereocenters. The summed E-state index contributed by atoms with van der Waals surface area (Å²) in [5.41, 5.74) is 1.92. The van der Waals surface area contributed by atoms with Gasteiger partial charge in [-0.1, -0.05) is 6.92 Å². The van der Waals surface area contributed by atoms with Gasteiger partial charge in [0.25, 0.3) is 5.91 Å². The molecule has 2 aromatic heterocycles. The third kappa shape index (κ3) is 2.94. The van der Waals surface area contributed by atoms with E-state index in [4.69, 9.17) is 4.74 Å². The predicted molar refractivity (Wildman–Crippen MR) is 91.5 cm³/mol. The number of aryl methyl sites for hydroxylation is 1. The standard InChI is InChI=1S/C16H20N4O3S/c1-4-20-8-6-10-12(9-20)24-15(13(10)16(22)23-3)18-14(21)11-5-7-17-19(11)2/h5,7H,4,6,8-9H2,1-3H3,(H,18,21). The number of nitrogens with one attached hydrogen (secondary N) is 1. The number of carbonyl (C=O) groups excluding carboxylic acids is 2. The first-order chi connectivity index (χ1) is 11.5. The first kappa shape index (κ1) is 16.7. The van der Waals surface area contributed by atoms with E-state index in [0.717, 1.165) is 36.5 Å². The van der Waals surface area contributed by atoms with E-state index in [0.29, 0.717) is 16.3 Å². The third-order valence-electron chi connectivity index (χ3n) is 4.25. The normalized spacial score (nSPS) is 14.3. The maximum Gasteiger partial charge on any atom is 0.341 e. The second-order valence-electron chi connectivity index (χ2n) is 5.61. The van der Waals surface area contributed by atoms with Crippen molar-refractivity contribution in [3.05, 3.63) is 34.0 Å². The highest BCUT2D eigenvalue weighted by atomic mass is 32.1. The topological polar surface area (TPSA) is 76.5 Å². The number of hydrogen-bond donors (Lipinski definition) is 1. The second-order valence-corrected chi connectivity index (χ2v) is 6.72. The Bertz CT molecular complexity index is 780. The Hall–Kier alpha value is -2.19. The van der Waals surface area contributed by atoms with Crippen LogP contribution in [0.1, 0.15) is 38.2 Å². The third-order valence-corrected chi connectivity index (χ3v) is 5.39. The number of amides is 1. The molecule has 8 heteroatoms. The van der Waals surface area contributed by atoms with E-state index in [1.54, 1.807) is 19.3 Å². The summed E-state index contributed by atoms with van der Waals surface area (Å²) < 4.78 is 6.44. The molecule has 128 valence electrons. The molecule has 3 heterocycles. The zero-order valence-electron chi connectivity index (χ0n) is 14.0. The first-order valence-corrected chi connectivity index (χ1v) is 8.61. The van der Waals surface area contributed by atoms with Gasteiger partial charge in [0, 0.05) is 31.2 Å². The zero-order valence-corrected chi connectivity index (χ0v) is 14.8. The highest BCUT2D eigenvalue weighted by Gasteiger charge is 2.29. The number of ether oxygens (including phenoxy) is 1. The smallest absolute Gasteiger partial charge is 0.341 e. The van der Waals surface area contributed by atoms with Crippen molar-refractivity contribution in [2.24, 2.45) is 7.05 Å². The fraction of sp³-hybridized carbons (Fsp3) is 0.438. The summed E-state index contributed by atoms with van der Waals surface area (Å²) in [6.07, 6.45) is 2.35. The van der Waals surface area contributed by atoms with Crippen molar-refractivity contribution in [3.63, 3.8) is 0 Å². The molecular weight excluding hydrogens is 328 g/mol. The van der Waals surface area contributed by atoms with Gasteiger partial charge in [-0.05, 0) is 24.6 Å². The number of methoxy groups -OCH3 is 1. The second kappa shape index (κ2) is 6.74. The Morgan fingerprint density at radius 2 is 2.25 bits per heavy atom. The van der Waals surface area contributed by atoms with Gasteiger partial charge in [0.2, 0.25) is 0 Å². The molecule has 0 radical (unpaired) electrons. The molecule has 0 saturated heterocycles. The molecule has 0 bridgehead atoms. The summed E-state index contributed by atoms with van der Waals surface area (Å²) >= 11 is 1.45. The lowest BCUT2D eigenvalue weighted by molar-refractivity contribution is 0.0600. The van der Waals surface area contributed by atoms with Gasteiger partial charge >= 0.3 is 5.97 Å². The number of esters is 1. The molecule has 0 unspecified atom stereocenters. The van der Waals surface area contributed by atoms with Crippen LogP contribution in [0.25, 0.3) is 0 Å². The van der Waals surface area contributed by atoms with Crippen LogP contribution in [0.4, 0.5) is 5.00 Å². The highest BCUT2D eigenvalue weighted by molar-refractivity contribution is 7.17. The molecule has 7 nitrogen and oxygen atoms in total. The SMILES string of the molecule is CCN1CCc2c(sc(NC(=O)c3ccnn3C)c2C(=O)OC)C1. The molecule has 3 rings (SSSR count). The minimum absolute atomic E-state index is 0.286. The fourth-order valence-electron chi connectivity index (χ4n) is 2.90. The quantitative estimate of drug-likeness (QED) is 0.854. The van der Waals surface area contributed by atoms with E-state index in [-0.39, 0.29) is 5.91 Å². The molecular formula is C16H20N4O3S. The average Bonchev–Trinajstić information content (AvgIpc) is 3.16. The lowest BCUT2D eigenvalue weighted by Crippen LogP contribution is -2.30. The van der Waals surface area contributed by atoms with Gasteiger partial charge in [-0.2, -0.15) is 5.10 Å². The average molecular weight is 348 g/mol. The largest absolute Gasteiger partial charge is 0.465 e. The molecule has 0 fully saturated rings. The summed E-state index contributed by atoms with van der Waals surface area (Å²) in [5, 5.41) is 7.41.